The lowest BCUT2D eigenvalue weighted by atomic mass is 9.94. The van der Waals surface area contributed by atoms with E-state index in [1.807, 2.05) is 39.8 Å². The molecule has 3 nitrogen and oxygen atoms in total. The van der Waals surface area contributed by atoms with Crippen molar-refractivity contribution in [2.75, 3.05) is 0 Å². The number of aryl methyl sites for hydroxylation is 4. The van der Waals surface area contributed by atoms with Crippen LogP contribution in [-0.2, 0) is 0 Å². The van der Waals surface area contributed by atoms with Gasteiger partial charge in [-0.25, -0.2) is 0 Å². The Morgan fingerprint density at radius 1 is 0.905 bits per heavy atom. The number of hydrogen-bond donors (Lipinski definition) is 1. The lowest BCUT2D eigenvalue weighted by Gasteiger charge is -2.17. The molecule has 108 valence electrons. The third kappa shape index (κ3) is 1.77. The molecule has 0 radical (unpaired) electrons. The fraction of sp³-hybridized carbons (Fsp3) is 0.278. The monoisotopic (exact) mass is 282 g/mol. The minimum absolute atomic E-state index is 0.0130. The summed E-state index contributed by atoms with van der Waals surface area (Å²) in [6.07, 6.45) is 0. The van der Waals surface area contributed by atoms with Gasteiger partial charge in [0, 0.05) is 22.1 Å². The van der Waals surface area contributed by atoms with E-state index in [9.17, 15) is 9.90 Å². The highest BCUT2D eigenvalue weighted by atomic mass is 16.3. The lowest BCUT2D eigenvalue weighted by molar-refractivity contribution is 0.465. The maximum atomic E-state index is 12.1. The standard InChI is InChI=1S/C18H18O3/c1-8-6-13-10(3)14-7-9(2)16(20)12(5)18(14)21-17(13)11(4)15(8)19/h6-7,19H,1-5H3. The van der Waals surface area contributed by atoms with Gasteiger partial charge in [-0.3, -0.25) is 4.79 Å². The normalized spacial score (nSPS) is 11.5. The average molecular weight is 282 g/mol. The van der Waals surface area contributed by atoms with Crippen LogP contribution in [0, 0.1) is 34.6 Å². The summed E-state index contributed by atoms with van der Waals surface area (Å²) in [5.41, 5.74) is 5.58. The van der Waals surface area contributed by atoms with E-state index in [1.165, 1.54) is 0 Å². The van der Waals surface area contributed by atoms with Gasteiger partial charge in [-0.05, 0) is 63.4 Å². The predicted octanol–water partition coefficient (Wildman–Crippen LogP) is 4.15. The van der Waals surface area contributed by atoms with E-state index in [0.717, 1.165) is 27.6 Å². The van der Waals surface area contributed by atoms with E-state index < -0.39 is 0 Å². The van der Waals surface area contributed by atoms with E-state index >= 15 is 0 Å². The molecule has 1 aromatic carbocycles. The summed E-state index contributed by atoms with van der Waals surface area (Å²) in [7, 11) is 0. The van der Waals surface area contributed by atoms with Gasteiger partial charge in [0.1, 0.15) is 17.1 Å². The highest BCUT2D eigenvalue weighted by molar-refractivity contribution is 5.92. The molecule has 0 unspecified atom stereocenters. The zero-order chi connectivity index (χ0) is 15.5. The molecule has 0 atom stereocenters. The SMILES string of the molecule is Cc1cc2c(C)c3cc(C)c(=O)c(C)c-3oc2c(C)c1O. The van der Waals surface area contributed by atoms with E-state index in [-0.39, 0.29) is 11.2 Å². The van der Waals surface area contributed by atoms with Crippen LogP contribution in [0.2, 0.25) is 0 Å². The predicted molar refractivity (Wildman–Crippen MR) is 84.5 cm³/mol. The second-order valence-electron chi connectivity index (χ2n) is 5.80. The molecule has 0 bridgehead atoms. The third-order valence-electron chi connectivity index (χ3n) is 4.33. The molecular weight excluding hydrogens is 264 g/mol. The van der Waals surface area contributed by atoms with Crippen LogP contribution in [0.1, 0.15) is 27.8 Å². The van der Waals surface area contributed by atoms with E-state index in [4.69, 9.17) is 4.42 Å². The van der Waals surface area contributed by atoms with Crippen molar-refractivity contribution >= 4 is 11.0 Å². The Hall–Kier alpha value is -2.29. The summed E-state index contributed by atoms with van der Waals surface area (Å²) in [6, 6.07) is 3.83. The zero-order valence-corrected chi connectivity index (χ0v) is 12.9. The molecule has 21 heavy (non-hydrogen) atoms. The van der Waals surface area contributed by atoms with Crippen LogP contribution < -0.4 is 5.43 Å². The molecule has 1 aliphatic carbocycles. The van der Waals surface area contributed by atoms with Crippen LogP contribution in [-0.4, -0.2) is 5.11 Å². The Morgan fingerprint density at radius 2 is 1.57 bits per heavy atom. The van der Waals surface area contributed by atoms with Crippen LogP contribution >= 0.6 is 0 Å². The molecule has 1 N–H and O–H groups in total. The minimum Gasteiger partial charge on any atom is -0.507 e. The van der Waals surface area contributed by atoms with Gasteiger partial charge in [0.15, 0.2) is 5.43 Å². The highest BCUT2D eigenvalue weighted by Gasteiger charge is 2.20. The molecule has 0 amide bonds. The van der Waals surface area contributed by atoms with Crippen molar-refractivity contribution in [2.45, 2.75) is 34.6 Å². The minimum atomic E-state index is 0.0130. The second-order valence-corrected chi connectivity index (χ2v) is 5.80. The molecule has 2 aliphatic rings. The quantitative estimate of drug-likeness (QED) is 0.630. The van der Waals surface area contributed by atoms with Gasteiger partial charge < -0.3 is 9.52 Å². The number of rotatable bonds is 0. The van der Waals surface area contributed by atoms with Crippen molar-refractivity contribution in [3.63, 3.8) is 0 Å². The number of aromatic hydroxyl groups is 1. The third-order valence-corrected chi connectivity index (χ3v) is 4.33. The maximum absolute atomic E-state index is 12.1. The Bertz CT molecular complexity index is 916. The summed E-state index contributed by atoms with van der Waals surface area (Å²) >= 11 is 0. The van der Waals surface area contributed by atoms with Gasteiger partial charge >= 0.3 is 0 Å². The number of hydrogen-bond acceptors (Lipinski definition) is 3. The molecule has 0 saturated heterocycles. The van der Waals surface area contributed by atoms with Gasteiger partial charge in [0.25, 0.3) is 0 Å². The topological polar surface area (TPSA) is 50.4 Å². The molecule has 0 saturated carbocycles. The lowest BCUT2D eigenvalue weighted by Crippen LogP contribution is -2.11. The first-order chi connectivity index (χ1) is 9.82. The average Bonchev–Trinajstić information content (AvgIpc) is 2.45. The summed E-state index contributed by atoms with van der Waals surface area (Å²) in [5.74, 6) is 0.860. The molecule has 1 heterocycles. The Kier molecular flexibility index (Phi) is 2.84. The molecule has 3 rings (SSSR count). The summed E-state index contributed by atoms with van der Waals surface area (Å²) < 4.78 is 6.00. The van der Waals surface area contributed by atoms with E-state index in [2.05, 4.69) is 0 Å². The Labute approximate surface area is 123 Å². The molecule has 0 fully saturated rings. The first-order valence-electron chi connectivity index (χ1n) is 6.99. The molecule has 1 aromatic rings. The fourth-order valence-electron chi connectivity index (χ4n) is 2.97. The first kappa shape index (κ1) is 13.7. The van der Waals surface area contributed by atoms with Crippen molar-refractivity contribution in [1.82, 2.24) is 0 Å². The highest BCUT2D eigenvalue weighted by Crippen LogP contribution is 2.39. The van der Waals surface area contributed by atoms with Gasteiger partial charge in [-0.1, -0.05) is 0 Å². The van der Waals surface area contributed by atoms with Gasteiger partial charge in [0.2, 0.25) is 0 Å². The number of fused-ring (bicyclic) bond motifs is 2. The number of phenols is 1. The smallest absolute Gasteiger partial charge is 0.188 e. The fourth-order valence-corrected chi connectivity index (χ4v) is 2.97. The van der Waals surface area contributed by atoms with Crippen LogP contribution in [0.3, 0.4) is 0 Å². The van der Waals surface area contributed by atoms with Gasteiger partial charge in [-0.2, -0.15) is 0 Å². The molecule has 0 aromatic heterocycles. The first-order valence-corrected chi connectivity index (χ1v) is 6.99. The van der Waals surface area contributed by atoms with Crippen LogP contribution in [0.15, 0.2) is 21.3 Å². The summed E-state index contributed by atoms with van der Waals surface area (Å²) in [5, 5.41) is 11.1. The second kappa shape index (κ2) is 4.35. The largest absolute Gasteiger partial charge is 0.507 e. The van der Waals surface area contributed by atoms with Crippen molar-refractivity contribution in [3.05, 3.63) is 50.2 Å². The van der Waals surface area contributed by atoms with Gasteiger partial charge in [-0.15, -0.1) is 0 Å². The maximum Gasteiger partial charge on any atom is 0.188 e. The zero-order valence-electron chi connectivity index (χ0n) is 12.9. The van der Waals surface area contributed by atoms with Crippen LogP contribution in [0.25, 0.3) is 22.3 Å². The van der Waals surface area contributed by atoms with E-state index in [1.54, 1.807) is 6.92 Å². The van der Waals surface area contributed by atoms with E-state index in [0.29, 0.717) is 22.5 Å². The molecule has 3 heteroatoms. The Morgan fingerprint density at radius 3 is 2.24 bits per heavy atom. The van der Waals surface area contributed by atoms with Crippen molar-refractivity contribution in [1.29, 1.82) is 0 Å². The molecular formula is C18H18O3. The van der Waals surface area contributed by atoms with Gasteiger partial charge in [0.05, 0.1) is 0 Å². The van der Waals surface area contributed by atoms with Crippen molar-refractivity contribution in [2.24, 2.45) is 0 Å². The van der Waals surface area contributed by atoms with Crippen molar-refractivity contribution in [3.8, 4) is 17.1 Å². The number of phenolic OH excluding ortho intramolecular Hbond substituents is 1. The number of benzene rings is 2. The van der Waals surface area contributed by atoms with Crippen LogP contribution in [0.4, 0.5) is 0 Å². The van der Waals surface area contributed by atoms with Crippen LogP contribution in [0.5, 0.6) is 5.75 Å². The Balaban J connectivity index is 2.63. The summed E-state index contributed by atoms with van der Waals surface area (Å²) in [6.45, 7) is 9.35. The van der Waals surface area contributed by atoms with Crippen molar-refractivity contribution < 1.29 is 9.52 Å². The molecule has 1 aliphatic heterocycles. The summed E-state index contributed by atoms with van der Waals surface area (Å²) in [4.78, 5) is 12.1. The molecule has 0 spiro atoms.